The number of alkyl halides is 3. The highest BCUT2D eigenvalue weighted by Crippen LogP contribution is 2.43. The molecule has 36 heavy (non-hydrogen) atoms. The molecule has 0 aromatic heterocycles. The van der Waals surface area contributed by atoms with Crippen LogP contribution in [0.25, 0.3) is 0 Å². The average Bonchev–Trinajstić information content (AvgIpc) is 3.10. The minimum Gasteiger partial charge on any atom is -0.505 e. The van der Waals surface area contributed by atoms with E-state index >= 15 is 0 Å². The first kappa shape index (κ1) is 25.8. The molecule has 0 saturated carbocycles. The van der Waals surface area contributed by atoms with Crippen LogP contribution < -0.4 is 10.2 Å². The van der Waals surface area contributed by atoms with Gasteiger partial charge in [0, 0.05) is 5.69 Å². The molecular formula is C25H17Cl2F3N4OS. The van der Waals surface area contributed by atoms with E-state index in [1.54, 1.807) is 29.2 Å². The van der Waals surface area contributed by atoms with E-state index < -0.39 is 17.3 Å². The van der Waals surface area contributed by atoms with Gasteiger partial charge in [0.25, 0.3) is 0 Å². The summed E-state index contributed by atoms with van der Waals surface area (Å²) in [7, 11) is 0. The molecule has 1 aliphatic rings. The number of rotatable bonds is 4. The van der Waals surface area contributed by atoms with Crippen molar-refractivity contribution < 1.29 is 18.3 Å². The lowest BCUT2D eigenvalue weighted by Crippen LogP contribution is -2.44. The number of anilines is 1. The summed E-state index contributed by atoms with van der Waals surface area (Å²) in [6.07, 6.45) is -4.43. The summed E-state index contributed by atoms with van der Waals surface area (Å²) in [5.74, 6) is 0.132. The number of benzene rings is 3. The zero-order valence-corrected chi connectivity index (χ0v) is 20.9. The molecule has 11 heteroatoms. The lowest BCUT2D eigenvalue weighted by atomic mass is 9.88. The van der Waals surface area contributed by atoms with Crippen LogP contribution in [0.2, 0.25) is 10.0 Å². The highest BCUT2D eigenvalue weighted by molar-refractivity contribution is 7.80. The van der Waals surface area contributed by atoms with Crippen molar-refractivity contribution in [1.29, 1.82) is 5.26 Å². The highest BCUT2D eigenvalue weighted by atomic mass is 35.5. The number of hydrogen-bond donors (Lipinski definition) is 2. The van der Waals surface area contributed by atoms with E-state index in [0.29, 0.717) is 28.2 Å². The largest absolute Gasteiger partial charge is 0.505 e. The van der Waals surface area contributed by atoms with Crippen LogP contribution in [0.5, 0.6) is 5.75 Å². The number of thiocarbonyl (C=S) groups is 1. The molecule has 1 saturated heterocycles. The van der Waals surface area contributed by atoms with Crippen molar-refractivity contribution in [3.05, 3.63) is 93.0 Å². The third kappa shape index (κ3) is 4.72. The number of hydrogen-bond acceptors (Lipinski definition) is 4. The van der Waals surface area contributed by atoms with Gasteiger partial charge in [0.15, 0.2) is 10.9 Å². The Bertz CT molecular complexity index is 1400. The number of phenols is 1. The molecule has 0 amide bonds. The lowest BCUT2D eigenvalue weighted by molar-refractivity contribution is -0.137. The van der Waals surface area contributed by atoms with Crippen LogP contribution in [0.4, 0.5) is 18.9 Å². The van der Waals surface area contributed by atoms with Crippen LogP contribution in [0, 0.1) is 11.3 Å². The minimum atomic E-state index is -4.43. The van der Waals surface area contributed by atoms with E-state index in [4.69, 9.17) is 35.4 Å². The van der Waals surface area contributed by atoms with Gasteiger partial charge in [-0.1, -0.05) is 47.5 Å². The Hall–Kier alpha value is -3.32. The maximum Gasteiger partial charge on any atom is 0.416 e. The predicted molar refractivity (Wildman–Crippen MR) is 137 cm³/mol. The molecule has 3 aromatic rings. The molecular weight excluding hydrogens is 532 g/mol. The molecule has 0 aliphatic carbocycles. The van der Waals surface area contributed by atoms with Gasteiger partial charge in [-0.25, -0.2) is 0 Å². The molecule has 1 heterocycles. The van der Waals surface area contributed by atoms with Crippen LogP contribution in [0.15, 0.2) is 65.7 Å². The first-order chi connectivity index (χ1) is 16.9. The second-order valence-electron chi connectivity index (χ2n) is 8.15. The van der Waals surface area contributed by atoms with Gasteiger partial charge in [-0.15, -0.1) is 0 Å². The Morgan fingerprint density at radius 3 is 2.33 bits per heavy atom. The average molecular weight is 549 g/mol. The Kier molecular flexibility index (Phi) is 6.88. The van der Waals surface area contributed by atoms with Crippen LogP contribution in [-0.2, 0) is 18.3 Å². The second kappa shape index (κ2) is 9.62. The van der Waals surface area contributed by atoms with Gasteiger partial charge >= 0.3 is 6.18 Å². The number of nitriles is 1. The number of nitrogens with one attached hydrogen (secondary N) is 1. The normalized spacial score (nSPS) is 18.9. The Morgan fingerprint density at radius 1 is 1.11 bits per heavy atom. The van der Waals surface area contributed by atoms with Gasteiger partial charge < -0.3 is 15.3 Å². The molecule has 0 radical (unpaired) electrons. The van der Waals surface area contributed by atoms with Crippen LogP contribution in [-0.4, -0.2) is 16.1 Å². The van der Waals surface area contributed by atoms with Gasteiger partial charge in [-0.05, 0) is 66.7 Å². The number of halogens is 5. The van der Waals surface area contributed by atoms with Crippen LogP contribution in [0.1, 0.15) is 29.2 Å². The summed E-state index contributed by atoms with van der Waals surface area (Å²) in [6, 6.07) is 16.7. The van der Waals surface area contributed by atoms with Crippen molar-refractivity contribution in [2.45, 2.75) is 25.2 Å². The zero-order chi connectivity index (χ0) is 26.3. The van der Waals surface area contributed by atoms with Gasteiger partial charge in [-0.3, -0.25) is 4.99 Å². The van der Waals surface area contributed by atoms with Gasteiger partial charge in [-0.2, -0.15) is 18.4 Å². The number of amidine groups is 1. The van der Waals surface area contributed by atoms with E-state index in [1.807, 2.05) is 6.92 Å². The van der Waals surface area contributed by atoms with E-state index in [9.17, 15) is 23.5 Å². The zero-order valence-electron chi connectivity index (χ0n) is 18.6. The Morgan fingerprint density at radius 2 is 1.75 bits per heavy atom. The summed E-state index contributed by atoms with van der Waals surface area (Å²) in [5, 5.41) is 22.8. The molecule has 5 nitrogen and oxygen atoms in total. The first-order valence-electron chi connectivity index (χ1n) is 10.5. The number of aliphatic imine (C=N–C) groups is 1. The second-order valence-corrected chi connectivity index (χ2v) is 9.35. The molecule has 0 bridgehead atoms. The number of nitrogens with zero attached hydrogens (tertiary/aromatic N) is 3. The van der Waals surface area contributed by atoms with Crippen LogP contribution >= 0.6 is 35.4 Å². The maximum absolute atomic E-state index is 12.9. The molecule has 2 N–H and O–H groups in total. The van der Waals surface area contributed by atoms with Crippen molar-refractivity contribution in [1.82, 2.24) is 5.32 Å². The van der Waals surface area contributed by atoms with E-state index in [0.717, 1.165) is 12.1 Å². The van der Waals surface area contributed by atoms with Crippen molar-refractivity contribution in [2.24, 2.45) is 4.99 Å². The lowest BCUT2D eigenvalue weighted by Gasteiger charge is -2.35. The topological polar surface area (TPSA) is 71.7 Å². The van der Waals surface area contributed by atoms with Crippen molar-refractivity contribution >= 4 is 52.1 Å². The van der Waals surface area contributed by atoms with E-state index in [-0.39, 0.29) is 27.5 Å². The van der Waals surface area contributed by atoms with E-state index in [1.165, 1.54) is 24.3 Å². The predicted octanol–water partition coefficient (Wildman–Crippen LogP) is 6.80. The van der Waals surface area contributed by atoms with Gasteiger partial charge in [0.2, 0.25) is 0 Å². The van der Waals surface area contributed by atoms with Crippen molar-refractivity contribution in [3.63, 3.8) is 0 Å². The quantitative estimate of drug-likeness (QED) is 0.351. The summed E-state index contributed by atoms with van der Waals surface area (Å²) < 4.78 is 38.7. The van der Waals surface area contributed by atoms with Gasteiger partial charge in [0.05, 0.1) is 33.8 Å². The first-order valence-corrected chi connectivity index (χ1v) is 11.6. The number of aromatic hydroxyl groups is 1. The third-order valence-corrected chi connectivity index (χ3v) is 6.71. The van der Waals surface area contributed by atoms with Crippen molar-refractivity contribution in [2.75, 3.05) is 4.90 Å². The molecule has 1 fully saturated rings. The third-order valence-electron chi connectivity index (χ3n) is 5.85. The van der Waals surface area contributed by atoms with Crippen molar-refractivity contribution in [3.8, 4) is 11.8 Å². The Balaban J connectivity index is 1.81. The molecule has 3 aromatic carbocycles. The minimum absolute atomic E-state index is 0.0172. The molecule has 1 atom stereocenters. The monoisotopic (exact) mass is 548 g/mol. The summed E-state index contributed by atoms with van der Waals surface area (Å²) >= 11 is 18.0. The Labute approximate surface area is 220 Å². The summed E-state index contributed by atoms with van der Waals surface area (Å²) in [4.78, 5) is 6.37. The van der Waals surface area contributed by atoms with Gasteiger partial charge in [0.1, 0.15) is 11.4 Å². The summed E-state index contributed by atoms with van der Waals surface area (Å²) in [5.41, 5.74) is 0.287. The number of phenolic OH excluding ortho intramolecular Hbond substituents is 1. The summed E-state index contributed by atoms with van der Waals surface area (Å²) in [6.45, 7) is 1.90. The molecule has 184 valence electrons. The SMILES string of the molecule is CC1(c2cccc(C#N)c2)C(=NCc2ccc(C(F)(F)F)cc2)NC(=S)N1c1cc(Cl)c(O)c(Cl)c1. The molecule has 0 spiro atoms. The van der Waals surface area contributed by atoms with Crippen LogP contribution in [0.3, 0.4) is 0 Å². The highest BCUT2D eigenvalue weighted by Gasteiger charge is 2.48. The fourth-order valence-electron chi connectivity index (χ4n) is 3.96. The molecule has 4 rings (SSSR count). The fraction of sp³-hybridized carbons (Fsp3) is 0.160. The van der Waals surface area contributed by atoms with E-state index in [2.05, 4.69) is 16.4 Å². The molecule has 1 unspecified atom stereocenters. The standard InChI is InChI=1S/C25H17Cl2F3N4OS/c1-24(17-4-2-3-15(9-17)12-31)22(32-13-14-5-7-16(8-6-14)25(28,29)30)33-23(36)34(24)18-10-19(26)21(35)20(27)11-18/h2-11,35H,13H2,1H3,(H,32,33,36). The fourth-order valence-corrected chi connectivity index (χ4v) is 4.83. The molecule has 1 aliphatic heterocycles. The smallest absolute Gasteiger partial charge is 0.416 e. The maximum atomic E-state index is 12.9.